The lowest BCUT2D eigenvalue weighted by Gasteiger charge is -2.24. The highest BCUT2D eigenvalue weighted by Gasteiger charge is 2.31. The van der Waals surface area contributed by atoms with E-state index in [2.05, 4.69) is 22.8 Å². The number of alkyl carbamates (subject to hydrolysis) is 1. The molecule has 1 aliphatic carbocycles. The predicted molar refractivity (Wildman–Crippen MR) is 117 cm³/mol. The van der Waals surface area contributed by atoms with Crippen molar-refractivity contribution in [3.63, 3.8) is 0 Å². The molecule has 2 aromatic carbocycles. The Kier molecular flexibility index (Phi) is 6.63. The van der Waals surface area contributed by atoms with Gasteiger partial charge in [-0.15, -0.1) is 0 Å². The smallest absolute Gasteiger partial charge is 0.407 e. The highest BCUT2D eigenvalue weighted by atomic mass is 16.6. The van der Waals surface area contributed by atoms with Gasteiger partial charge in [-0.05, 0) is 43.0 Å². The van der Waals surface area contributed by atoms with E-state index >= 15 is 0 Å². The summed E-state index contributed by atoms with van der Waals surface area (Å²) in [7, 11) is 1.46. The van der Waals surface area contributed by atoms with Crippen LogP contribution in [0.1, 0.15) is 44.2 Å². The van der Waals surface area contributed by atoms with E-state index in [1.54, 1.807) is 20.8 Å². The van der Waals surface area contributed by atoms with Crippen LogP contribution in [0.4, 0.5) is 4.79 Å². The van der Waals surface area contributed by atoms with E-state index < -0.39 is 29.6 Å². The van der Waals surface area contributed by atoms with Crippen molar-refractivity contribution >= 4 is 18.0 Å². The number of amides is 2. The molecule has 0 saturated heterocycles. The second-order valence-electron chi connectivity index (χ2n) is 8.43. The standard InChI is InChI=1S/C24H28N2O5/c1-24(2,3)31-22(28)20(13-21(27)25-4)26-23(29)30-14-19-17-11-7-5-9-15(17)16-10-6-8-12-18(16)19/h5-12,19-20H,13-14H2,1-4H3,(H,25,27)(H,26,29)/t20-/m1/s1. The fourth-order valence-electron chi connectivity index (χ4n) is 3.64. The molecular formula is C24H28N2O5. The number of ether oxygens (including phenoxy) is 2. The van der Waals surface area contributed by atoms with E-state index in [4.69, 9.17) is 9.47 Å². The first kappa shape index (κ1) is 22.3. The molecule has 3 rings (SSSR count). The average Bonchev–Trinajstić information content (AvgIpc) is 3.04. The lowest BCUT2D eigenvalue weighted by molar-refractivity contribution is -0.158. The van der Waals surface area contributed by atoms with Gasteiger partial charge in [0.05, 0.1) is 6.42 Å². The molecule has 1 atom stereocenters. The largest absolute Gasteiger partial charge is 0.458 e. The third-order valence-electron chi connectivity index (χ3n) is 5.00. The summed E-state index contributed by atoms with van der Waals surface area (Å²) in [5.41, 5.74) is 3.67. The van der Waals surface area contributed by atoms with E-state index in [-0.39, 0.29) is 18.9 Å². The molecule has 0 heterocycles. The minimum atomic E-state index is -1.14. The van der Waals surface area contributed by atoms with E-state index in [0.29, 0.717) is 0 Å². The summed E-state index contributed by atoms with van der Waals surface area (Å²) in [6, 6.07) is 14.9. The Morgan fingerprint density at radius 3 is 2.03 bits per heavy atom. The zero-order valence-corrected chi connectivity index (χ0v) is 18.2. The first-order valence-electron chi connectivity index (χ1n) is 10.2. The maximum atomic E-state index is 12.5. The van der Waals surface area contributed by atoms with Crippen LogP contribution in [0.2, 0.25) is 0 Å². The minimum Gasteiger partial charge on any atom is -0.458 e. The molecule has 31 heavy (non-hydrogen) atoms. The quantitative estimate of drug-likeness (QED) is 0.694. The van der Waals surface area contributed by atoms with Crippen LogP contribution in [0.3, 0.4) is 0 Å². The summed E-state index contributed by atoms with van der Waals surface area (Å²) in [5.74, 6) is -1.18. The molecule has 0 radical (unpaired) electrons. The molecule has 164 valence electrons. The van der Waals surface area contributed by atoms with E-state index in [1.807, 2.05) is 36.4 Å². The van der Waals surface area contributed by atoms with Crippen molar-refractivity contribution in [1.29, 1.82) is 0 Å². The monoisotopic (exact) mass is 424 g/mol. The SMILES string of the molecule is CNC(=O)C[C@@H](NC(=O)OCC1c2ccccc2-c2ccccc21)C(=O)OC(C)(C)C. The molecule has 7 nitrogen and oxygen atoms in total. The first-order valence-corrected chi connectivity index (χ1v) is 10.2. The summed E-state index contributed by atoms with van der Waals surface area (Å²) < 4.78 is 10.8. The van der Waals surface area contributed by atoms with Gasteiger partial charge in [0.2, 0.25) is 5.91 Å². The molecule has 7 heteroatoms. The number of carbonyl (C=O) groups excluding carboxylic acids is 3. The Bertz CT molecular complexity index is 934. The van der Waals surface area contributed by atoms with Gasteiger partial charge in [-0.1, -0.05) is 48.5 Å². The van der Waals surface area contributed by atoms with Crippen molar-refractivity contribution in [1.82, 2.24) is 10.6 Å². The van der Waals surface area contributed by atoms with E-state index in [1.165, 1.54) is 7.05 Å². The fourth-order valence-corrected chi connectivity index (χ4v) is 3.64. The predicted octanol–water partition coefficient (Wildman–Crippen LogP) is 3.37. The van der Waals surface area contributed by atoms with Gasteiger partial charge < -0.3 is 20.1 Å². The van der Waals surface area contributed by atoms with E-state index in [9.17, 15) is 14.4 Å². The van der Waals surface area contributed by atoms with Gasteiger partial charge in [0.25, 0.3) is 0 Å². The summed E-state index contributed by atoms with van der Waals surface area (Å²) in [5, 5.41) is 4.93. The van der Waals surface area contributed by atoms with Crippen molar-refractivity contribution in [2.75, 3.05) is 13.7 Å². The van der Waals surface area contributed by atoms with Crippen LogP contribution in [0.25, 0.3) is 11.1 Å². The third kappa shape index (κ3) is 5.42. The number of benzene rings is 2. The topological polar surface area (TPSA) is 93.7 Å². The van der Waals surface area contributed by atoms with Crippen LogP contribution in [-0.2, 0) is 19.1 Å². The van der Waals surface area contributed by atoms with Crippen LogP contribution >= 0.6 is 0 Å². The lowest BCUT2D eigenvalue weighted by atomic mass is 9.98. The Morgan fingerprint density at radius 2 is 1.52 bits per heavy atom. The molecule has 0 saturated carbocycles. The Labute approximate surface area is 182 Å². The average molecular weight is 424 g/mol. The Morgan fingerprint density at radius 1 is 0.968 bits per heavy atom. The molecule has 2 aromatic rings. The Hall–Kier alpha value is -3.35. The van der Waals surface area contributed by atoms with Gasteiger partial charge in [0.1, 0.15) is 18.2 Å². The van der Waals surface area contributed by atoms with Crippen LogP contribution < -0.4 is 10.6 Å². The number of rotatable bonds is 6. The zero-order chi connectivity index (χ0) is 22.6. The van der Waals surface area contributed by atoms with Gasteiger partial charge in [-0.3, -0.25) is 4.79 Å². The van der Waals surface area contributed by atoms with Crippen molar-refractivity contribution in [3.8, 4) is 11.1 Å². The van der Waals surface area contributed by atoms with Crippen molar-refractivity contribution in [3.05, 3.63) is 59.7 Å². The molecular weight excluding hydrogens is 396 g/mol. The molecule has 0 bridgehead atoms. The number of carbonyl (C=O) groups is 3. The summed E-state index contributed by atoms with van der Waals surface area (Å²) in [4.78, 5) is 36.8. The summed E-state index contributed by atoms with van der Waals surface area (Å²) in [6.07, 6.45) is -1.02. The molecule has 0 aromatic heterocycles. The molecule has 0 fully saturated rings. The maximum Gasteiger partial charge on any atom is 0.407 e. The molecule has 1 aliphatic rings. The van der Waals surface area contributed by atoms with Gasteiger partial charge in [-0.2, -0.15) is 0 Å². The lowest BCUT2D eigenvalue weighted by Crippen LogP contribution is -2.46. The first-order chi connectivity index (χ1) is 14.7. The molecule has 2 amide bonds. The molecule has 0 unspecified atom stereocenters. The number of hydrogen-bond acceptors (Lipinski definition) is 5. The van der Waals surface area contributed by atoms with Crippen molar-refractivity contribution < 1.29 is 23.9 Å². The Balaban J connectivity index is 1.69. The molecule has 2 N–H and O–H groups in total. The number of nitrogens with one attached hydrogen (secondary N) is 2. The number of hydrogen-bond donors (Lipinski definition) is 2. The van der Waals surface area contributed by atoms with Gasteiger partial charge >= 0.3 is 12.1 Å². The van der Waals surface area contributed by atoms with Crippen LogP contribution in [0, 0.1) is 0 Å². The van der Waals surface area contributed by atoms with Crippen LogP contribution in [0.15, 0.2) is 48.5 Å². The highest BCUT2D eigenvalue weighted by Crippen LogP contribution is 2.44. The second-order valence-corrected chi connectivity index (χ2v) is 8.43. The van der Waals surface area contributed by atoms with Crippen molar-refractivity contribution in [2.45, 2.75) is 44.8 Å². The van der Waals surface area contributed by atoms with Gasteiger partial charge in [0, 0.05) is 13.0 Å². The van der Waals surface area contributed by atoms with Gasteiger partial charge in [0.15, 0.2) is 0 Å². The number of esters is 1. The fraction of sp³-hybridized carbons (Fsp3) is 0.375. The summed E-state index contributed by atoms with van der Waals surface area (Å²) >= 11 is 0. The zero-order valence-electron chi connectivity index (χ0n) is 18.2. The van der Waals surface area contributed by atoms with Crippen LogP contribution in [0.5, 0.6) is 0 Å². The second kappa shape index (κ2) is 9.20. The third-order valence-corrected chi connectivity index (χ3v) is 5.00. The summed E-state index contributed by atoms with van der Waals surface area (Å²) in [6.45, 7) is 5.26. The molecule has 0 aliphatic heterocycles. The highest BCUT2D eigenvalue weighted by molar-refractivity contribution is 5.88. The van der Waals surface area contributed by atoms with E-state index in [0.717, 1.165) is 22.3 Å². The van der Waals surface area contributed by atoms with Crippen molar-refractivity contribution in [2.24, 2.45) is 0 Å². The van der Waals surface area contributed by atoms with Gasteiger partial charge in [-0.25, -0.2) is 9.59 Å². The minimum absolute atomic E-state index is 0.0999. The number of fused-ring (bicyclic) bond motifs is 3. The normalized spacial score (nSPS) is 13.5. The molecule has 0 spiro atoms. The maximum absolute atomic E-state index is 12.5. The van der Waals surface area contributed by atoms with Crippen LogP contribution in [-0.4, -0.2) is 43.3 Å².